The third-order valence-corrected chi connectivity index (χ3v) is 2.97. The van der Waals surface area contributed by atoms with Crippen molar-refractivity contribution in [3.63, 3.8) is 0 Å². The number of aliphatic hydroxyl groups is 1. The molecule has 3 atom stereocenters. The van der Waals surface area contributed by atoms with Crippen molar-refractivity contribution in [1.82, 2.24) is 5.32 Å². The van der Waals surface area contributed by atoms with E-state index >= 15 is 0 Å². The molecule has 1 fully saturated rings. The number of aliphatic hydroxyl groups excluding tert-OH is 1. The lowest BCUT2D eigenvalue weighted by Gasteiger charge is -2.21. The first-order valence-corrected chi connectivity index (χ1v) is 5.83. The van der Waals surface area contributed by atoms with E-state index in [1.54, 1.807) is 0 Å². The van der Waals surface area contributed by atoms with Gasteiger partial charge in [-0.05, 0) is 25.0 Å². The first-order valence-electron chi connectivity index (χ1n) is 5.83. The Bertz CT molecular complexity index is 380. The number of amides is 1. The molecule has 0 radical (unpaired) electrons. The molecule has 2 rings (SSSR count). The molecule has 1 aliphatic carbocycles. The van der Waals surface area contributed by atoms with Crippen LogP contribution in [0.2, 0.25) is 0 Å². The van der Waals surface area contributed by atoms with Crippen molar-refractivity contribution in [1.29, 1.82) is 0 Å². The van der Waals surface area contributed by atoms with E-state index < -0.39 is 6.10 Å². The molecule has 17 heavy (non-hydrogen) atoms. The second kappa shape index (κ2) is 5.19. The molecule has 1 amide bonds. The van der Waals surface area contributed by atoms with Gasteiger partial charge in [0.15, 0.2) is 0 Å². The van der Waals surface area contributed by atoms with Crippen LogP contribution in [-0.2, 0) is 4.79 Å². The number of carbonyl (C=O) groups excluding carboxylic acids is 1. The summed E-state index contributed by atoms with van der Waals surface area (Å²) in [6.45, 7) is 1.46. The normalized spacial score (nSPS) is 27.8. The van der Waals surface area contributed by atoms with Gasteiger partial charge in [0.05, 0.1) is 6.04 Å². The minimum atomic E-state index is -0.640. The Balaban J connectivity index is 1.94. The van der Waals surface area contributed by atoms with E-state index in [-0.39, 0.29) is 18.1 Å². The molecular weight excluding hydrogens is 218 g/mol. The van der Waals surface area contributed by atoms with Crippen LogP contribution in [0.15, 0.2) is 30.3 Å². The van der Waals surface area contributed by atoms with E-state index in [1.165, 1.54) is 6.92 Å². The van der Waals surface area contributed by atoms with Crippen LogP contribution in [0.5, 0.6) is 5.75 Å². The number of benzene rings is 1. The molecule has 4 nitrogen and oxygen atoms in total. The van der Waals surface area contributed by atoms with Gasteiger partial charge in [-0.15, -0.1) is 0 Å². The number of nitrogens with one attached hydrogen (secondary N) is 1. The van der Waals surface area contributed by atoms with Gasteiger partial charge in [0.25, 0.3) is 0 Å². The van der Waals surface area contributed by atoms with Crippen LogP contribution in [0.4, 0.5) is 0 Å². The molecule has 1 saturated carbocycles. The Morgan fingerprint density at radius 2 is 2.06 bits per heavy atom. The van der Waals surface area contributed by atoms with Crippen molar-refractivity contribution in [2.75, 3.05) is 0 Å². The van der Waals surface area contributed by atoms with Crippen molar-refractivity contribution < 1.29 is 14.6 Å². The number of hydrogen-bond donors (Lipinski definition) is 2. The summed E-state index contributed by atoms with van der Waals surface area (Å²) in [5, 5.41) is 12.8. The summed E-state index contributed by atoms with van der Waals surface area (Å²) in [4.78, 5) is 10.9. The Labute approximate surface area is 101 Å². The van der Waals surface area contributed by atoms with Gasteiger partial charge in [-0.2, -0.15) is 0 Å². The van der Waals surface area contributed by atoms with Gasteiger partial charge < -0.3 is 15.2 Å². The Morgan fingerprint density at radius 3 is 2.71 bits per heavy atom. The molecule has 0 unspecified atom stereocenters. The highest BCUT2D eigenvalue weighted by molar-refractivity contribution is 5.73. The molecule has 4 heteroatoms. The molecule has 0 bridgehead atoms. The van der Waals surface area contributed by atoms with Crippen molar-refractivity contribution in [3.05, 3.63) is 30.3 Å². The summed E-state index contributed by atoms with van der Waals surface area (Å²) in [6.07, 6.45) is 0.618. The molecule has 0 heterocycles. The maximum Gasteiger partial charge on any atom is 0.217 e. The van der Waals surface area contributed by atoms with E-state index in [1.807, 2.05) is 30.3 Å². The molecule has 1 aromatic rings. The lowest BCUT2D eigenvalue weighted by atomic mass is 10.2. The maximum absolute atomic E-state index is 10.9. The quantitative estimate of drug-likeness (QED) is 0.824. The summed E-state index contributed by atoms with van der Waals surface area (Å²) >= 11 is 0. The lowest BCUT2D eigenvalue weighted by molar-refractivity contribution is -0.120. The highest BCUT2D eigenvalue weighted by atomic mass is 16.5. The van der Waals surface area contributed by atoms with Crippen LogP contribution in [0, 0.1) is 0 Å². The Morgan fingerprint density at radius 1 is 1.35 bits per heavy atom. The topological polar surface area (TPSA) is 58.6 Å². The fraction of sp³-hybridized carbons (Fsp3) is 0.462. The van der Waals surface area contributed by atoms with Crippen LogP contribution >= 0.6 is 0 Å². The third kappa shape index (κ3) is 2.97. The summed E-state index contributed by atoms with van der Waals surface area (Å²) in [6, 6.07) is 9.22. The molecule has 0 saturated heterocycles. The zero-order valence-corrected chi connectivity index (χ0v) is 9.80. The fourth-order valence-corrected chi connectivity index (χ4v) is 2.17. The minimum Gasteiger partial charge on any atom is -0.488 e. The predicted octanol–water partition coefficient (Wildman–Crippen LogP) is 1.09. The zero-order chi connectivity index (χ0) is 12.3. The smallest absolute Gasteiger partial charge is 0.217 e. The number of rotatable bonds is 3. The van der Waals surface area contributed by atoms with Gasteiger partial charge in [0, 0.05) is 6.92 Å². The maximum atomic E-state index is 10.9. The van der Waals surface area contributed by atoms with Gasteiger partial charge in [-0.25, -0.2) is 0 Å². The number of hydrogen-bond acceptors (Lipinski definition) is 3. The van der Waals surface area contributed by atoms with Gasteiger partial charge in [-0.1, -0.05) is 18.2 Å². The standard InChI is InChI=1S/C13H17NO3/c1-9(15)14-11-7-8-12(13(11)16)17-10-5-3-2-4-6-10/h2-6,11-13,16H,7-8H2,1H3,(H,14,15)/t11-,12-,13-/m0/s1. The molecule has 0 spiro atoms. The lowest BCUT2D eigenvalue weighted by Crippen LogP contribution is -2.43. The minimum absolute atomic E-state index is 0.116. The van der Waals surface area contributed by atoms with Crippen molar-refractivity contribution in [2.45, 2.75) is 38.0 Å². The van der Waals surface area contributed by atoms with Gasteiger partial charge >= 0.3 is 0 Å². The fourth-order valence-electron chi connectivity index (χ4n) is 2.17. The summed E-state index contributed by atoms with van der Waals surface area (Å²) in [5.41, 5.74) is 0. The summed E-state index contributed by atoms with van der Waals surface area (Å²) in [5.74, 6) is 0.634. The molecule has 92 valence electrons. The second-order valence-electron chi connectivity index (χ2n) is 4.34. The Hall–Kier alpha value is -1.55. The Kier molecular flexibility index (Phi) is 3.64. The second-order valence-corrected chi connectivity index (χ2v) is 4.34. The van der Waals surface area contributed by atoms with Crippen LogP contribution in [0.25, 0.3) is 0 Å². The molecule has 0 aromatic heterocycles. The highest BCUT2D eigenvalue weighted by Crippen LogP contribution is 2.25. The van der Waals surface area contributed by atoms with Gasteiger partial charge in [0.1, 0.15) is 18.0 Å². The molecular formula is C13H17NO3. The zero-order valence-electron chi connectivity index (χ0n) is 9.80. The van der Waals surface area contributed by atoms with E-state index in [4.69, 9.17) is 4.74 Å². The van der Waals surface area contributed by atoms with Crippen LogP contribution in [0.1, 0.15) is 19.8 Å². The van der Waals surface area contributed by atoms with E-state index in [9.17, 15) is 9.90 Å². The third-order valence-electron chi connectivity index (χ3n) is 2.97. The number of ether oxygens (including phenoxy) is 1. The molecule has 0 aliphatic heterocycles. The summed E-state index contributed by atoms with van der Waals surface area (Å²) < 4.78 is 5.70. The van der Waals surface area contributed by atoms with Crippen LogP contribution < -0.4 is 10.1 Å². The largest absolute Gasteiger partial charge is 0.488 e. The van der Waals surface area contributed by atoms with Crippen LogP contribution in [-0.4, -0.2) is 29.3 Å². The average molecular weight is 235 g/mol. The van der Waals surface area contributed by atoms with Gasteiger partial charge in [0.2, 0.25) is 5.91 Å². The number of carbonyl (C=O) groups is 1. The molecule has 1 aliphatic rings. The van der Waals surface area contributed by atoms with Crippen molar-refractivity contribution in [3.8, 4) is 5.75 Å². The summed E-state index contributed by atoms with van der Waals surface area (Å²) in [7, 11) is 0. The molecule has 1 aromatic carbocycles. The SMILES string of the molecule is CC(=O)N[C@H]1CC[C@H](Oc2ccccc2)[C@H]1O. The van der Waals surface area contributed by atoms with E-state index in [0.29, 0.717) is 0 Å². The van der Waals surface area contributed by atoms with Crippen molar-refractivity contribution >= 4 is 5.91 Å². The van der Waals surface area contributed by atoms with E-state index in [2.05, 4.69) is 5.32 Å². The van der Waals surface area contributed by atoms with E-state index in [0.717, 1.165) is 18.6 Å². The van der Waals surface area contributed by atoms with Crippen molar-refractivity contribution in [2.24, 2.45) is 0 Å². The monoisotopic (exact) mass is 235 g/mol. The predicted molar refractivity (Wildman–Crippen MR) is 63.7 cm³/mol. The first kappa shape index (κ1) is 11.9. The van der Waals surface area contributed by atoms with Crippen LogP contribution in [0.3, 0.4) is 0 Å². The molecule has 2 N–H and O–H groups in total. The van der Waals surface area contributed by atoms with Gasteiger partial charge in [-0.3, -0.25) is 4.79 Å². The average Bonchev–Trinajstić information content (AvgIpc) is 2.62. The first-order chi connectivity index (χ1) is 8.16. The number of para-hydroxylation sites is 1. The highest BCUT2D eigenvalue weighted by Gasteiger charge is 2.36.